The van der Waals surface area contributed by atoms with Crippen molar-refractivity contribution >= 4 is 23.6 Å². The lowest BCUT2D eigenvalue weighted by atomic mass is 10.1. The molecule has 0 aliphatic carbocycles. The number of amides is 2. The summed E-state index contributed by atoms with van der Waals surface area (Å²) in [6.45, 7) is 3.91. The van der Waals surface area contributed by atoms with E-state index in [-0.39, 0.29) is 11.6 Å². The van der Waals surface area contributed by atoms with Crippen LogP contribution in [-0.4, -0.2) is 18.9 Å². The summed E-state index contributed by atoms with van der Waals surface area (Å²) in [5.41, 5.74) is 3.19. The van der Waals surface area contributed by atoms with Gasteiger partial charge in [-0.3, -0.25) is 9.59 Å². The van der Waals surface area contributed by atoms with E-state index in [2.05, 4.69) is 10.6 Å². The van der Waals surface area contributed by atoms with Crippen molar-refractivity contribution in [1.82, 2.24) is 5.32 Å². The second-order valence-electron chi connectivity index (χ2n) is 6.51. The van der Waals surface area contributed by atoms with Crippen LogP contribution in [0.4, 0.5) is 5.69 Å². The molecule has 2 N–H and O–H groups in total. The number of carbonyl (C=O) groups is 2. The van der Waals surface area contributed by atoms with Crippen molar-refractivity contribution in [3.63, 3.8) is 0 Å². The number of methoxy groups -OCH3 is 1. The minimum Gasteiger partial charge on any atom is -0.497 e. The fourth-order valence-electron chi connectivity index (χ4n) is 2.62. The number of aryl methyl sites for hydroxylation is 2. The molecule has 0 aliphatic heterocycles. The van der Waals surface area contributed by atoms with Gasteiger partial charge < -0.3 is 19.8 Å². The van der Waals surface area contributed by atoms with E-state index < -0.39 is 5.91 Å². The molecule has 2 aromatic carbocycles. The number of furan rings is 1. The highest BCUT2D eigenvalue weighted by atomic mass is 16.5. The van der Waals surface area contributed by atoms with Crippen molar-refractivity contribution in [1.29, 1.82) is 0 Å². The molecular formula is C23H22N2O4. The monoisotopic (exact) mass is 390 g/mol. The van der Waals surface area contributed by atoms with Gasteiger partial charge in [0.05, 0.1) is 13.4 Å². The van der Waals surface area contributed by atoms with Crippen LogP contribution >= 0.6 is 0 Å². The average molecular weight is 390 g/mol. The van der Waals surface area contributed by atoms with Crippen LogP contribution < -0.4 is 15.4 Å². The van der Waals surface area contributed by atoms with Gasteiger partial charge in [0.15, 0.2) is 0 Å². The third kappa shape index (κ3) is 5.13. The van der Waals surface area contributed by atoms with E-state index in [0.717, 1.165) is 11.1 Å². The highest BCUT2D eigenvalue weighted by Gasteiger charge is 2.16. The van der Waals surface area contributed by atoms with Crippen LogP contribution in [0.2, 0.25) is 0 Å². The van der Waals surface area contributed by atoms with E-state index in [4.69, 9.17) is 9.15 Å². The summed E-state index contributed by atoms with van der Waals surface area (Å²) < 4.78 is 10.4. The van der Waals surface area contributed by atoms with Crippen molar-refractivity contribution < 1.29 is 18.7 Å². The summed E-state index contributed by atoms with van der Waals surface area (Å²) in [6, 6.07) is 15.7. The number of hydrogen-bond acceptors (Lipinski definition) is 4. The standard InChI is InChI=1S/C23H22N2O4/c1-15-6-7-17(13-16(15)2)22(26)25-21(14-20-5-4-12-29-20)23(27)24-18-8-10-19(28-3)11-9-18/h4-14H,1-3H3,(H,24,27)(H,25,26)/b21-14-. The maximum absolute atomic E-state index is 12.8. The Morgan fingerprint density at radius 3 is 2.38 bits per heavy atom. The van der Waals surface area contributed by atoms with Crippen LogP contribution in [0, 0.1) is 13.8 Å². The molecule has 148 valence electrons. The molecule has 1 heterocycles. The molecule has 3 aromatic rings. The van der Waals surface area contributed by atoms with Crippen LogP contribution in [0.25, 0.3) is 6.08 Å². The first-order chi connectivity index (χ1) is 14.0. The summed E-state index contributed by atoms with van der Waals surface area (Å²) in [7, 11) is 1.57. The van der Waals surface area contributed by atoms with Gasteiger partial charge in [0, 0.05) is 17.3 Å². The largest absolute Gasteiger partial charge is 0.497 e. The van der Waals surface area contributed by atoms with Gasteiger partial charge in [-0.05, 0) is 73.5 Å². The lowest BCUT2D eigenvalue weighted by molar-refractivity contribution is -0.113. The molecule has 6 heteroatoms. The van der Waals surface area contributed by atoms with Gasteiger partial charge in [-0.15, -0.1) is 0 Å². The lowest BCUT2D eigenvalue weighted by Crippen LogP contribution is -2.30. The molecule has 0 fully saturated rings. The fraction of sp³-hybridized carbons (Fsp3) is 0.130. The summed E-state index contributed by atoms with van der Waals surface area (Å²) in [5, 5.41) is 5.45. The summed E-state index contributed by atoms with van der Waals surface area (Å²) in [6.07, 6.45) is 2.98. The zero-order valence-corrected chi connectivity index (χ0v) is 16.5. The quantitative estimate of drug-likeness (QED) is 0.615. The number of hydrogen-bond donors (Lipinski definition) is 2. The number of ether oxygens (including phenoxy) is 1. The summed E-state index contributed by atoms with van der Waals surface area (Å²) >= 11 is 0. The first-order valence-corrected chi connectivity index (χ1v) is 9.05. The van der Waals surface area contributed by atoms with E-state index >= 15 is 0 Å². The van der Waals surface area contributed by atoms with E-state index in [1.807, 2.05) is 19.9 Å². The van der Waals surface area contributed by atoms with Gasteiger partial charge in [-0.1, -0.05) is 6.07 Å². The zero-order chi connectivity index (χ0) is 20.8. The van der Waals surface area contributed by atoms with Crippen molar-refractivity contribution in [2.24, 2.45) is 0 Å². The lowest BCUT2D eigenvalue weighted by Gasteiger charge is -2.12. The second kappa shape index (κ2) is 8.93. The number of nitrogens with one attached hydrogen (secondary N) is 2. The minimum absolute atomic E-state index is 0.0685. The Bertz CT molecular complexity index is 1040. The van der Waals surface area contributed by atoms with Crippen LogP contribution in [0.1, 0.15) is 27.2 Å². The Balaban J connectivity index is 1.82. The van der Waals surface area contributed by atoms with Gasteiger partial charge in [0.25, 0.3) is 11.8 Å². The number of anilines is 1. The zero-order valence-electron chi connectivity index (χ0n) is 16.5. The van der Waals surface area contributed by atoms with Crippen LogP contribution in [0.15, 0.2) is 71.0 Å². The third-order valence-corrected chi connectivity index (χ3v) is 4.44. The van der Waals surface area contributed by atoms with Crippen molar-refractivity contribution in [2.45, 2.75) is 13.8 Å². The smallest absolute Gasteiger partial charge is 0.272 e. The molecule has 0 radical (unpaired) electrons. The predicted octanol–water partition coefficient (Wildman–Crippen LogP) is 4.31. The van der Waals surface area contributed by atoms with Crippen LogP contribution in [-0.2, 0) is 4.79 Å². The Morgan fingerprint density at radius 1 is 1.00 bits per heavy atom. The predicted molar refractivity (Wildman–Crippen MR) is 112 cm³/mol. The molecule has 2 amide bonds. The average Bonchev–Trinajstić information content (AvgIpc) is 3.23. The highest BCUT2D eigenvalue weighted by molar-refractivity contribution is 6.10. The second-order valence-corrected chi connectivity index (χ2v) is 6.51. The van der Waals surface area contributed by atoms with Crippen molar-refractivity contribution in [3.05, 3.63) is 89.0 Å². The molecule has 0 bridgehead atoms. The SMILES string of the molecule is COc1ccc(NC(=O)/C(=C/c2ccco2)NC(=O)c2ccc(C)c(C)c2)cc1. The minimum atomic E-state index is -0.469. The summed E-state index contributed by atoms with van der Waals surface area (Å²) in [5.74, 6) is 0.280. The molecule has 29 heavy (non-hydrogen) atoms. The van der Waals surface area contributed by atoms with Crippen LogP contribution in [0.5, 0.6) is 5.75 Å². The molecule has 0 aliphatic rings. The molecule has 0 spiro atoms. The number of carbonyl (C=O) groups excluding carboxylic acids is 2. The van der Waals surface area contributed by atoms with Gasteiger partial charge in [0.1, 0.15) is 17.2 Å². The Kier molecular flexibility index (Phi) is 6.14. The van der Waals surface area contributed by atoms with E-state index in [1.54, 1.807) is 55.6 Å². The van der Waals surface area contributed by atoms with E-state index in [1.165, 1.54) is 12.3 Å². The summed E-state index contributed by atoms with van der Waals surface area (Å²) in [4.78, 5) is 25.5. The molecule has 0 unspecified atom stereocenters. The van der Waals surface area contributed by atoms with Crippen molar-refractivity contribution in [2.75, 3.05) is 12.4 Å². The van der Waals surface area contributed by atoms with Crippen LogP contribution in [0.3, 0.4) is 0 Å². The van der Waals surface area contributed by atoms with Gasteiger partial charge in [0.2, 0.25) is 0 Å². The topological polar surface area (TPSA) is 80.6 Å². The number of benzene rings is 2. The molecule has 6 nitrogen and oxygen atoms in total. The Labute approximate surface area is 169 Å². The van der Waals surface area contributed by atoms with Gasteiger partial charge in [-0.25, -0.2) is 0 Å². The molecule has 0 saturated heterocycles. The van der Waals surface area contributed by atoms with Crippen molar-refractivity contribution in [3.8, 4) is 5.75 Å². The molecule has 1 aromatic heterocycles. The number of rotatable bonds is 6. The Hall–Kier alpha value is -3.80. The molecule has 0 saturated carbocycles. The first kappa shape index (κ1) is 19.9. The van der Waals surface area contributed by atoms with Gasteiger partial charge >= 0.3 is 0 Å². The molecular weight excluding hydrogens is 368 g/mol. The maximum atomic E-state index is 12.8. The normalized spacial score (nSPS) is 11.1. The Morgan fingerprint density at radius 2 is 1.76 bits per heavy atom. The van der Waals surface area contributed by atoms with Gasteiger partial charge in [-0.2, -0.15) is 0 Å². The molecule has 3 rings (SSSR count). The highest BCUT2D eigenvalue weighted by Crippen LogP contribution is 2.17. The maximum Gasteiger partial charge on any atom is 0.272 e. The van der Waals surface area contributed by atoms with E-state index in [9.17, 15) is 9.59 Å². The first-order valence-electron chi connectivity index (χ1n) is 9.05. The van der Waals surface area contributed by atoms with E-state index in [0.29, 0.717) is 22.8 Å². The molecule has 0 atom stereocenters. The third-order valence-electron chi connectivity index (χ3n) is 4.44. The fourth-order valence-corrected chi connectivity index (χ4v) is 2.62.